The van der Waals surface area contributed by atoms with E-state index < -0.39 is 10.0 Å². The molecule has 1 unspecified atom stereocenters. The largest absolute Gasteiger partial charge is 0.381 e. The Morgan fingerprint density at radius 3 is 2.65 bits per heavy atom. The number of piperazine rings is 1. The topological polar surface area (TPSA) is 49.9 Å². The monoisotopic (exact) mass is 358 g/mol. The van der Waals surface area contributed by atoms with Gasteiger partial charge in [-0.1, -0.05) is 17.7 Å². The summed E-state index contributed by atoms with van der Waals surface area (Å²) in [6.45, 7) is 5.75. The molecule has 2 fully saturated rings. The van der Waals surface area contributed by atoms with Gasteiger partial charge in [0.1, 0.15) is 0 Å². The van der Waals surface area contributed by atoms with Crippen molar-refractivity contribution in [1.82, 2.24) is 4.31 Å². The molecule has 23 heavy (non-hydrogen) atoms. The predicted octanol–water partition coefficient (Wildman–Crippen LogP) is 2.14. The summed E-state index contributed by atoms with van der Waals surface area (Å²) in [5.41, 5.74) is 2.26. The fourth-order valence-corrected chi connectivity index (χ4v) is 5.20. The Hall–Kier alpha value is -0.820. The number of sulfonamides is 1. The molecule has 1 aromatic carbocycles. The molecule has 0 radical (unpaired) electrons. The Kier molecular flexibility index (Phi) is 5.16. The summed E-state index contributed by atoms with van der Waals surface area (Å²) < 4.78 is 32.0. The molecule has 0 saturated carbocycles. The molecule has 128 valence electrons. The van der Waals surface area contributed by atoms with Crippen LogP contribution in [0.15, 0.2) is 18.2 Å². The Morgan fingerprint density at radius 1 is 1.26 bits per heavy atom. The maximum atomic E-state index is 12.5. The molecular weight excluding hydrogens is 336 g/mol. The highest BCUT2D eigenvalue weighted by molar-refractivity contribution is 7.89. The minimum Gasteiger partial charge on any atom is -0.381 e. The maximum Gasteiger partial charge on any atom is 0.214 e. The van der Waals surface area contributed by atoms with E-state index in [1.807, 2.05) is 18.2 Å². The average molecular weight is 359 g/mol. The second-order valence-electron chi connectivity index (χ2n) is 6.33. The third kappa shape index (κ3) is 3.99. The van der Waals surface area contributed by atoms with E-state index in [9.17, 15) is 8.42 Å². The van der Waals surface area contributed by atoms with Gasteiger partial charge in [0.15, 0.2) is 0 Å². The van der Waals surface area contributed by atoms with Crippen molar-refractivity contribution in [2.45, 2.75) is 13.3 Å². The zero-order valence-electron chi connectivity index (χ0n) is 13.4. The SMILES string of the molecule is Cc1ccc(Cl)cc1N1CCN(S(=O)(=O)CC2CCOC2)CC1. The molecule has 0 bridgehead atoms. The van der Waals surface area contributed by atoms with Crippen molar-refractivity contribution in [2.24, 2.45) is 5.92 Å². The molecular formula is C16H23ClN2O3S. The second kappa shape index (κ2) is 6.97. The van der Waals surface area contributed by atoms with Crippen LogP contribution in [-0.4, -0.2) is 57.9 Å². The van der Waals surface area contributed by atoms with Gasteiger partial charge in [0.05, 0.1) is 12.4 Å². The van der Waals surface area contributed by atoms with Crippen molar-refractivity contribution in [2.75, 3.05) is 50.0 Å². The first-order valence-electron chi connectivity index (χ1n) is 8.02. The van der Waals surface area contributed by atoms with Crippen LogP contribution in [0.5, 0.6) is 0 Å². The predicted molar refractivity (Wildman–Crippen MR) is 92.7 cm³/mol. The van der Waals surface area contributed by atoms with Gasteiger partial charge < -0.3 is 9.64 Å². The fraction of sp³-hybridized carbons (Fsp3) is 0.625. The molecule has 5 nitrogen and oxygen atoms in total. The van der Waals surface area contributed by atoms with Crippen LogP contribution in [-0.2, 0) is 14.8 Å². The molecule has 7 heteroatoms. The van der Waals surface area contributed by atoms with Gasteiger partial charge in [-0.05, 0) is 37.0 Å². The van der Waals surface area contributed by atoms with E-state index in [1.165, 1.54) is 0 Å². The van der Waals surface area contributed by atoms with E-state index in [1.54, 1.807) is 4.31 Å². The van der Waals surface area contributed by atoms with Crippen LogP contribution in [0.25, 0.3) is 0 Å². The van der Waals surface area contributed by atoms with Crippen LogP contribution >= 0.6 is 11.6 Å². The molecule has 1 atom stereocenters. The number of ether oxygens (including phenoxy) is 1. The highest BCUT2D eigenvalue weighted by Crippen LogP contribution is 2.26. The van der Waals surface area contributed by atoms with Crippen molar-refractivity contribution in [1.29, 1.82) is 0 Å². The van der Waals surface area contributed by atoms with Gasteiger partial charge in [-0.2, -0.15) is 4.31 Å². The highest BCUT2D eigenvalue weighted by Gasteiger charge is 2.31. The lowest BCUT2D eigenvalue weighted by atomic mass is 10.1. The number of hydrogen-bond donors (Lipinski definition) is 0. The van der Waals surface area contributed by atoms with E-state index in [0.29, 0.717) is 44.4 Å². The molecule has 0 spiro atoms. The first-order valence-corrected chi connectivity index (χ1v) is 10.0. The molecule has 2 aliphatic heterocycles. The molecule has 2 saturated heterocycles. The number of aryl methyl sites for hydroxylation is 1. The minimum absolute atomic E-state index is 0.146. The van der Waals surface area contributed by atoms with Crippen LogP contribution < -0.4 is 4.90 Å². The van der Waals surface area contributed by atoms with Crippen LogP contribution in [0.4, 0.5) is 5.69 Å². The number of halogens is 1. The Bertz CT molecular complexity index is 651. The molecule has 3 rings (SSSR count). The third-order valence-electron chi connectivity index (χ3n) is 4.61. The number of hydrogen-bond acceptors (Lipinski definition) is 4. The van der Waals surface area contributed by atoms with E-state index >= 15 is 0 Å². The summed E-state index contributed by atoms with van der Waals surface area (Å²) in [7, 11) is -3.19. The fourth-order valence-electron chi connectivity index (χ4n) is 3.25. The third-order valence-corrected chi connectivity index (χ3v) is 6.89. The van der Waals surface area contributed by atoms with Crippen LogP contribution in [0.2, 0.25) is 5.02 Å². The quantitative estimate of drug-likeness (QED) is 0.827. The number of anilines is 1. The lowest BCUT2D eigenvalue weighted by Crippen LogP contribution is -2.50. The van der Waals surface area contributed by atoms with Gasteiger partial charge in [-0.25, -0.2) is 8.42 Å². The van der Waals surface area contributed by atoms with Crippen LogP contribution in [0.3, 0.4) is 0 Å². The Balaban J connectivity index is 1.62. The highest BCUT2D eigenvalue weighted by atomic mass is 35.5. The van der Waals surface area contributed by atoms with Crippen molar-refractivity contribution in [3.05, 3.63) is 28.8 Å². The van der Waals surface area contributed by atoms with Crippen molar-refractivity contribution in [3.63, 3.8) is 0 Å². The molecule has 1 aromatic rings. The second-order valence-corrected chi connectivity index (χ2v) is 8.78. The average Bonchev–Trinajstić information content (AvgIpc) is 3.02. The maximum absolute atomic E-state index is 12.5. The van der Waals surface area contributed by atoms with E-state index in [4.69, 9.17) is 16.3 Å². The van der Waals surface area contributed by atoms with Crippen LogP contribution in [0, 0.1) is 12.8 Å². The summed E-state index contributed by atoms with van der Waals surface area (Å²) in [4.78, 5) is 2.21. The van der Waals surface area contributed by atoms with Crippen LogP contribution in [0.1, 0.15) is 12.0 Å². The van der Waals surface area contributed by atoms with Crippen molar-refractivity contribution >= 4 is 27.3 Å². The summed E-state index contributed by atoms with van der Waals surface area (Å²) in [6.07, 6.45) is 0.848. The lowest BCUT2D eigenvalue weighted by Gasteiger charge is -2.36. The molecule has 0 N–H and O–H groups in total. The van der Waals surface area contributed by atoms with E-state index in [2.05, 4.69) is 11.8 Å². The Morgan fingerprint density at radius 2 is 2.00 bits per heavy atom. The summed E-state index contributed by atoms with van der Waals surface area (Å²) in [5, 5.41) is 0.710. The van der Waals surface area contributed by atoms with E-state index in [-0.39, 0.29) is 11.7 Å². The zero-order valence-corrected chi connectivity index (χ0v) is 14.9. The molecule has 2 heterocycles. The minimum atomic E-state index is -3.19. The van der Waals surface area contributed by atoms with Gasteiger partial charge in [-0.15, -0.1) is 0 Å². The smallest absolute Gasteiger partial charge is 0.214 e. The number of nitrogens with zero attached hydrogens (tertiary/aromatic N) is 2. The zero-order chi connectivity index (χ0) is 16.4. The first-order chi connectivity index (χ1) is 11.0. The summed E-state index contributed by atoms with van der Waals surface area (Å²) >= 11 is 6.09. The van der Waals surface area contributed by atoms with Gasteiger partial charge >= 0.3 is 0 Å². The molecule has 0 aromatic heterocycles. The van der Waals surface area contributed by atoms with Gasteiger partial charge in [0.2, 0.25) is 10.0 Å². The standard InChI is InChI=1S/C16H23ClN2O3S/c1-13-2-3-15(17)10-16(13)18-5-7-19(8-6-18)23(20,21)12-14-4-9-22-11-14/h2-3,10,14H,4-9,11-12H2,1H3. The Labute approximate surface area is 143 Å². The molecule has 2 aliphatic rings. The van der Waals surface area contributed by atoms with Gasteiger partial charge in [0, 0.05) is 43.5 Å². The van der Waals surface area contributed by atoms with Gasteiger partial charge in [0.25, 0.3) is 0 Å². The molecule has 0 aliphatic carbocycles. The summed E-state index contributed by atoms with van der Waals surface area (Å²) in [6, 6.07) is 5.84. The van der Waals surface area contributed by atoms with Crippen molar-refractivity contribution < 1.29 is 13.2 Å². The van der Waals surface area contributed by atoms with E-state index in [0.717, 1.165) is 17.7 Å². The first kappa shape index (κ1) is 17.0. The normalized spacial score (nSPS) is 23.4. The van der Waals surface area contributed by atoms with Crippen molar-refractivity contribution in [3.8, 4) is 0 Å². The van der Waals surface area contributed by atoms with Gasteiger partial charge in [-0.3, -0.25) is 0 Å². The summed E-state index contributed by atoms with van der Waals surface area (Å²) in [5.74, 6) is 0.358. The number of benzene rings is 1. The number of rotatable bonds is 4. The lowest BCUT2D eigenvalue weighted by molar-refractivity contribution is 0.188. The molecule has 0 amide bonds.